The Labute approximate surface area is 177 Å². The molecule has 4 rings (SSSR count). The van der Waals surface area contributed by atoms with E-state index in [0.29, 0.717) is 31.1 Å². The monoisotopic (exact) mass is 411 g/mol. The van der Waals surface area contributed by atoms with Crippen LogP contribution in [0.15, 0.2) is 36.5 Å². The molecule has 7 nitrogen and oxygen atoms in total. The number of rotatable bonds is 6. The number of aliphatic hydroxyl groups is 1. The molecule has 1 saturated carbocycles. The Morgan fingerprint density at radius 1 is 1.27 bits per heavy atom. The van der Waals surface area contributed by atoms with Crippen molar-refractivity contribution in [3.8, 4) is 5.75 Å². The van der Waals surface area contributed by atoms with Crippen LogP contribution in [-0.2, 0) is 4.74 Å². The minimum atomic E-state index is -0.106. The third-order valence-electron chi connectivity index (χ3n) is 5.72. The lowest BCUT2D eigenvalue weighted by Gasteiger charge is -2.32. The molecule has 1 aromatic heterocycles. The molecule has 0 saturated heterocycles. The number of nitrogens with one attached hydrogen (secondary N) is 1. The number of para-hydroxylation sites is 1. The highest BCUT2D eigenvalue weighted by atomic mass is 16.5. The molecule has 1 aromatic carbocycles. The minimum absolute atomic E-state index is 0.0465. The summed E-state index contributed by atoms with van der Waals surface area (Å²) in [5.41, 5.74) is 2.53. The Bertz CT molecular complexity index is 863. The van der Waals surface area contributed by atoms with Crippen LogP contribution in [0.2, 0.25) is 0 Å². The Kier molecular flexibility index (Phi) is 6.50. The molecular formula is C23H29N3O4. The summed E-state index contributed by atoms with van der Waals surface area (Å²) in [5.74, 6) is 1.36. The van der Waals surface area contributed by atoms with E-state index in [1.165, 1.54) is 0 Å². The molecule has 1 aliphatic carbocycles. The van der Waals surface area contributed by atoms with E-state index < -0.39 is 0 Å². The zero-order valence-corrected chi connectivity index (χ0v) is 17.3. The smallest absolute Gasteiger partial charge is 0.255 e. The molecule has 1 fully saturated rings. The number of carbonyl (C=O) groups excluding carboxylic acids is 1. The molecule has 1 amide bonds. The van der Waals surface area contributed by atoms with Crippen molar-refractivity contribution in [2.45, 2.75) is 44.8 Å². The van der Waals surface area contributed by atoms with Crippen molar-refractivity contribution in [2.75, 3.05) is 31.3 Å². The van der Waals surface area contributed by atoms with E-state index in [2.05, 4.69) is 15.2 Å². The third kappa shape index (κ3) is 4.57. The van der Waals surface area contributed by atoms with Gasteiger partial charge in [-0.15, -0.1) is 0 Å². The average Bonchev–Trinajstić information content (AvgIpc) is 2.78. The number of anilines is 2. The van der Waals surface area contributed by atoms with E-state index in [1.807, 2.05) is 43.5 Å². The van der Waals surface area contributed by atoms with Gasteiger partial charge < -0.3 is 24.8 Å². The second kappa shape index (κ2) is 9.45. The summed E-state index contributed by atoms with van der Waals surface area (Å²) >= 11 is 0. The fourth-order valence-corrected chi connectivity index (χ4v) is 4.14. The summed E-state index contributed by atoms with van der Waals surface area (Å²) in [6.45, 7) is 3.62. The lowest BCUT2D eigenvalue weighted by atomic mass is 9.92. The number of pyridine rings is 1. The van der Waals surface area contributed by atoms with Crippen LogP contribution in [0.4, 0.5) is 11.5 Å². The first-order valence-corrected chi connectivity index (χ1v) is 10.6. The van der Waals surface area contributed by atoms with Crippen molar-refractivity contribution in [1.82, 2.24) is 10.3 Å². The fraction of sp³-hybridized carbons (Fsp3) is 0.478. The predicted molar refractivity (Wildman–Crippen MR) is 114 cm³/mol. The fourth-order valence-electron chi connectivity index (χ4n) is 4.14. The summed E-state index contributed by atoms with van der Waals surface area (Å²) in [6.07, 6.45) is 5.55. The second-order valence-electron chi connectivity index (χ2n) is 7.89. The molecular weight excluding hydrogens is 382 g/mol. The number of benzene rings is 1. The summed E-state index contributed by atoms with van der Waals surface area (Å²) in [6, 6.07) is 9.83. The molecule has 2 aliphatic rings. The van der Waals surface area contributed by atoms with Crippen molar-refractivity contribution in [3.05, 3.63) is 47.7 Å². The van der Waals surface area contributed by atoms with E-state index in [-0.39, 0.29) is 24.7 Å². The molecule has 160 valence electrons. The van der Waals surface area contributed by atoms with Gasteiger partial charge >= 0.3 is 0 Å². The first-order valence-electron chi connectivity index (χ1n) is 10.6. The van der Waals surface area contributed by atoms with Gasteiger partial charge in [0.25, 0.3) is 5.91 Å². The zero-order chi connectivity index (χ0) is 20.9. The van der Waals surface area contributed by atoms with E-state index in [9.17, 15) is 4.79 Å². The lowest BCUT2D eigenvalue weighted by Crippen LogP contribution is -2.40. The quantitative estimate of drug-likeness (QED) is 0.760. The molecule has 0 atom stereocenters. The lowest BCUT2D eigenvalue weighted by molar-refractivity contribution is 0.00424. The van der Waals surface area contributed by atoms with Crippen molar-refractivity contribution in [1.29, 1.82) is 0 Å². The Morgan fingerprint density at radius 3 is 2.83 bits per heavy atom. The van der Waals surface area contributed by atoms with Gasteiger partial charge in [0.15, 0.2) is 5.75 Å². The van der Waals surface area contributed by atoms with E-state index >= 15 is 0 Å². The highest BCUT2D eigenvalue weighted by Crippen LogP contribution is 2.38. The van der Waals surface area contributed by atoms with Crippen molar-refractivity contribution >= 4 is 17.4 Å². The summed E-state index contributed by atoms with van der Waals surface area (Å²) < 4.78 is 11.5. The van der Waals surface area contributed by atoms with Gasteiger partial charge in [-0.3, -0.25) is 4.79 Å². The maximum absolute atomic E-state index is 13.0. The third-order valence-corrected chi connectivity index (χ3v) is 5.72. The molecule has 0 spiro atoms. The molecule has 2 N–H and O–H groups in total. The number of fused-ring (bicyclic) bond motifs is 1. The van der Waals surface area contributed by atoms with E-state index in [4.69, 9.17) is 14.6 Å². The number of ether oxygens (including phenoxy) is 2. The Morgan fingerprint density at radius 2 is 2.10 bits per heavy atom. The molecule has 7 heteroatoms. The van der Waals surface area contributed by atoms with Gasteiger partial charge in [0, 0.05) is 12.2 Å². The van der Waals surface area contributed by atoms with Gasteiger partial charge in [0.1, 0.15) is 12.4 Å². The van der Waals surface area contributed by atoms with Crippen LogP contribution in [0.1, 0.15) is 41.6 Å². The molecule has 2 aromatic rings. The normalized spacial score (nSPS) is 20.9. The van der Waals surface area contributed by atoms with Gasteiger partial charge in [0.05, 0.1) is 37.1 Å². The standard InChI is InChI=1S/C23H29N3O4/c1-16-5-10-21(24-15-16)26-11-13-30-22-19(3-2-4-20(22)26)23(28)25-17-6-8-18(9-7-17)29-14-12-27/h2-5,10,15,17-18,27H,6-9,11-14H2,1H3,(H,25,28). The van der Waals surface area contributed by atoms with Crippen LogP contribution in [0.3, 0.4) is 0 Å². The molecule has 30 heavy (non-hydrogen) atoms. The van der Waals surface area contributed by atoms with Crippen LogP contribution in [-0.4, -0.2) is 54.5 Å². The highest BCUT2D eigenvalue weighted by molar-refractivity contribution is 5.99. The average molecular weight is 412 g/mol. The Balaban J connectivity index is 1.46. The number of hydrogen-bond acceptors (Lipinski definition) is 6. The molecule has 1 aliphatic heterocycles. The topological polar surface area (TPSA) is 83.9 Å². The maximum Gasteiger partial charge on any atom is 0.255 e. The summed E-state index contributed by atoms with van der Waals surface area (Å²) in [5, 5.41) is 12.1. The van der Waals surface area contributed by atoms with Crippen LogP contribution >= 0.6 is 0 Å². The summed E-state index contributed by atoms with van der Waals surface area (Å²) in [7, 11) is 0. The van der Waals surface area contributed by atoms with Crippen LogP contribution in [0, 0.1) is 6.92 Å². The number of aromatic nitrogens is 1. The number of nitrogens with zero attached hydrogens (tertiary/aromatic N) is 2. The molecule has 0 unspecified atom stereocenters. The van der Waals surface area contributed by atoms with Gasteiger partial charge in [-0.2, -0.15) is 0 Å². The highest BCUT2D eigenvalue weighted by Gasteiger charge is 2.28. The molecule has 2 heterocycles. The summed E-state index contributed by atoms with van der Waals surface area (Å²) in [4.78, 5) is 19.7. The molecule has 0 bridgehead atoms. The van der Waals surface area contributed by atoms with Crippen molar-refractivity contribution in [3.63, 3.8) is 0 Å². The van der Waals surface area contributed by atoms with Gasteiger partial charge in [-0.1, -0.05) is 12.1 Å². The maximum atomic E-state index is 13.0. The molecule has 0 radical (unpaired) electrons. The minimum Gasteiger partial charge on any atom is -0.489 e. The van der Waals surface area contributed by atoms with Gasteiger partial charge in [0.2, 0.25) is 0 Å². The number of carbonyl (C=O) groups is 1. The number of hydrogen-bond donors (Lipinski definition) is 2. The van der Waals surface area contributed by atoms with Crippen molar-refractivity contribution < 1.29 is 19.4 Å². The van der Waals surface area contributed by atoms with Gasteiger partial charge in [-0.05, 0) is 56.4 Å². The SMILES string of the molecule is Cc1ccc(N2CCOc3c(C(=O)NC4CCC(OCCO)CC4)cccc32)nc1. The number of aliphatic hydroxyl groups excluding tert-OH is 1. The largest absolute Gasteiger partial charge is 0.489 e. The van der Waals surface area contributed by atoms with E-state index in [1.54, 1.807) is 0 Å². The number of aryl methyl sites for hydroxylation is 1. The zero-order valence-electron chi connectivity index (χ0n) is 17.3. The van der Waals surface area contributed by atoms with Gasteiger partial charge in [-0.25, -0.2) is 4.98 Å². The second-order valence-corrected chi connectivity index (χ2v) is 7.89. The number of amides is 1. The van der Waals surface area contributed by atoms with Crippen molar-refractivity contribution in [2.24, 2.45) is 0 Å². The predicted octanol–water partition coefficient (Wildman–Crippen LogP) is 2.97. The van der Waals surface area contributed by atoms with Crippen LogP contribution in [0.25, 0.3) is 0 Å². The first kappa shape index (κ1) is 20.6. The Hall–Kier alpha value is -2.64. The van der Waals surface area contributed by atoms with Crippen LogP contribution < -0.4 is 15.0 Å². The van der Waals surface area contributed by atoms with E-state index in [0.717, 1.165) is 42.8 Å². The van der Waals surface area contributed by atoms with Crippen LogP contribution in [0.5, 0.6) is 5.75 Å². The first-order chi connectivity index (χ1) is 14.7.